The molecular formula is C52H83N3O17. The molecule has 0 spiro atoms. The van der Waals surface area contributed by atoms with Crippen LogP contribution in [0.4, 0.5) is 0 Å². The van der Waals surface area contributed by atoms with Crippen LogP contribution in [0.5, 0.6) is 0 Å². The highest BCUT2D eigenvalue weighted by atomic mass is 16.7. The Hall–Kier alpha value is -5.02. The maximum Gasteiger partial charge on any atom is 0.316 e. The fourth-order valence-electron chi connectivity index (χ4n) is 6.18. The van der Waals surface area contributed by atoms with E-state index in [-0.39, 0.29) is 73.3 Å². The second-order valence-corrected chi connectivity index (χ2v) is 18.8. The van der Waals surface area contributed by atoms with Crippen molar-refractivity contribution in [3.8, 4) is 0 Å². The lowest BCUT2D eigenvalue weighted by Crippen LogP contribution is -2.49. The number of ether oxygens (including phenoxy) is 10. The van der Waals surface area contributed by atoms with Crippen molar-refractivity contribution in [1.29, 1.82) is 0 Å². The quantitative estimate of drug-likeness (QED) is 0.0520. The zero-order valence-corrected chi connectivity index (χ0v) is 41.2. The number of Topliss-reactive ketones (excluding diaryl/α,β-unsaturated/α-hetero) is 1. The topological polar surface area (TPSA) is 267 Å². The maximum absolute atomic E-state index is 12.1. The number of aliphatic carboxylic acids is 2. The number of ketones is 1. The van der Waals surface area contributed by atoms with Crippen LogP contribution < -0.4 is 0 Å². The number of carbonyl (C=O) groups is 5. The van der Waals surface area contributed by atoms with E-state index in [4.69, 9.17) is 63.1 Å². The summed E-state index contributed by atoms with van der Waals surface area (Å²) in [6.45, 7) is 16.6. The molecule has 2 aromatic rings. The number of esters is 2. The van der Waals surface area contributed by atoms with Gasteiger partial charge < -0.3 is 62.4 Å². The summed E-state index contributed by atoms with van der Waals surface area (Å²) in [5.41, 5.74) is 7.42. The standard InChI is InChI=1S/C15H18O5.C14H25N3O4.C12H14O4.C8H14O4.3CH4/c1-11(16)7-8-14(17)20-13-9-18-15(19-10-13)12-5-3-2-4-6-12;1-13(2)20-10-14(3,11-21-13)12(18)19-9-7-5-4-6-8-16-17-15;1-12(11(13)14)7-15-10(16-8-12)9-5-3-2-4-6-9;1-7(2)11-4-8(3,5-12-7)6(9)10;;;/h2-6,13,15H,7-10H2,1H3;4-11H2,1-3H3;2-6,10H,7-8H2,1H3,(H,13,14);4-5H2,1-3H3,(H,9,10);3*1H4. The lowest BCUT2D eigenvalue weighted by molar-refractivity contribution is -0.281. The van der Waals surface area contributed by atoms with E-state index >= 15 is 0 Å². The molecule has 6 rings (SSSR count). The molecular weight excluding hydrogens is 939 g/mol. The molecule has 4 fully saturated rings. The highest BCUT2D eigenvalue weighted by Crippen LogP contribution is 2.33. The van der Waals surface area contributed by atoms with Gasteiger partial charge in [0, 0.05) is 29.0 Å². The van der Waals surface area contributed by atoms with E-state index in [1.165, 1.54) is 6.92 Å². The Bertz CT molecular complexity index is 1940. The van der Waals surface area contributed by atoms with Crippen LogP contribution in [0.25, 0.3) is 10.4 Å². The van der Waals surface area contributed by atoms with Gasteiger partial charge in [-0.3, -0.25) is 19.2 Å². The highest BCUT2D eigenvalue weighted by Gasteiger charge is 2.44. The third-order valence-corrected chi connectivity index (χ3v) is 11.0. The molecule has 0 saturated carbocycles. The molecule has 2 aromatic carbocycles. The molecule has 20 nitrogen and oxygen atoms in total. The molecule has 0 radical (unpaired) electrons. The van der Waals surface area contributed by atoms with Crippen molar-refractivity contribution in [2.24, 2.45) is 21.4 Å². The van der Waals surface area contributed by atoms with Crippen LogP contribution >= 0.6 is 0 Å². The number of hydrogen-bond acceptors (Lipinski definition) is 16. The van der Waals surface area contributed by atoms with Crippen LogP contribution in [0.1, 0.15) is 140 Å². The Morgan fingerprint density at radius 3 is 1.46 bits per heavy atom. The molecule has 0 amide bonds. The van der Waals surface area contributed by atoms with E-state index in [9.17, 15) is 24.0 Å². The van der Waals surface area contributed by atoms with Gasteiger partial charge in [-0.2, -0.15) is 0 Å². The summed E-state index contributed by atoms with van der Waals surface area (Å²) < 4.78 is 54.0. The summed E-state index contributed by atoms with van der Waals surface area (Å²) >= 11 is 0. The van der Waals surface area contributed by atoms with Crippen LogP contribution in [0.3, 0.4) is 0 Å². The first-order chi connectivity index (χ1) is 32.5. The lowest BCUT2D eigenvalue weighted by Gasteiger charge is -2.39. The van der Waals surface area contributed by atoms with Crippen molar-refractivity contribution < 1.29 is 81.6 Å². The van der Waals surface area contributed by atoms with E-state index < -0.39 is 64.4 Å². The molecule has 0 aliphatic carbocycles. The zero-order valence-electron chi connectivity index (χ0n) is 41.2. The number of benzene rings is 2. The summed E-state index contributed by atoms with van der Waals surface area (Å²) in [4.78, 5) is 58.7. The largest absolute Gasteiger partial charge is 0.481 e. The first kappa shape index (κ1) is 67.0. The Kier molecular flexibility index (Phi) is 30.0. The number of nitrogens with zero attached hydrogens (tertiary/aromatic N) is 3. The Labute approximate surface area is 426 Å². The van der Waals surface area contributed by atoms with Crippen molar-refractivity contribution >= 4 is 29.7 Å². The van der Waals surface area contributed by atoms with Crippen LogP contribution in [0.2, 0.25) is 0 Å². The Morgan fingerprint density at radius 1 is 0.611 bits per heavy atom. The second kappa shape index (κ2) is 32.2. The van der Waals surface area contributed by atoms with Crippen LogP contribution in [0.15, 0.2) is 65.8 Å². The number of hydrogen-bond donors (Lipinski definition) is 2. The highest BCUT2D eigenvalue weighted by molar-refractivity contribution is 5.81. The minimum absolute atomic E-state index is 0. The Balaban J connectivity index is 0.000000937. The normalized spacial score (nSPS) is 23.0. The molecule has 0 bridgehead atoms. The molecule has 0 unspecified atom stereocenters. The third-order valence-electron chi connectivity index (χ3n) is 11.0. The van der Waals surface area contributed by atoms with Gasteiger partial charge in [-0.15, -0.1) is 0 Å². The predicted octanol–water partition coefficient (Wildman–Crippen LogP) is 9.79. The van der Waals surface area contributed by atoms with Crippen molar-refractivity contribution in [2.45, 2.75) is 146 Å². The van der Waals surface area contributed by atoms with Gasteiger partial charge in [-0.1, -0.05) is 101 Å². The monoisotopic (exact) mass is 1020 g/mol. The molecule has 72 heavy (non-hydrogen) atoms. The van der Waals surface area contributed by atoms with E-state index in [0.29, 0.717) is 39.6 Å². The molecule has 4 saturated heterocycles. The van der Waals surface area contributed by atoms with E-state index in [2.05, 4.69) is 10.0 Å². The number of carboxylic acids is 2. The molecule has 2 N–H and O–H groups in total. The summed E-state index contributed by atoms with van der Waals surface area (Å²) in [7, 11) is 0. The van der Waals surface area contributed by atoms with Crippen molar-refractivity contribution in [3.63, 3.8) is 0 Å². The van der Waals surface area contributed by atoms with Crippen molar-refractivity contribution in [1.82, 2.24) is 0 Å². The van der Waals surface area contributed by atoms with E-state index in [0.717, 1.165) is 36.8 Å². The van der Waals surface area contributed by atoms with Gasteiger partial charge in [-0.25, -0.2) is 0 Å². The number of rotatable bonds is 16. The SMILES string of the molecule is C.C.C.CC(=O)CCC(=O)OC1COC(c2ccccc2)OC1.CC1(C(=O)O)COC(c2ccccc2)OC1.CC1(C)OCC(C)(C(=O)O)CO1.CC1(C)OCC(C)(C(=O)OCCCCCCN=[N+]=[N-])CO1. The van der Waals surface area contributed by atoms with Gasteiger partial charge in [0.2, 0.25) is 0 Å². The van der Waals surface area contributed by atoms with Gasteiger partial charge in [0.1, 0.15) is 28.1 Å². The zero-order chi connectivity index (χ0) is 51.1. The molecule has 408 valence electrons. The average molecular weight is 1020 g/mol. The first-order valence-electron chi connectivity index (χ1n) is 23.0. The Morgan fingerprint density at radius 2 is 1.03 bits per heavy atom. The number of carboxylic acid groups (broad SMARTS) is 2. The minimum atomic E-state index is -0.939. The summed E-state index contributed by atoms with van der Waals surface area (Å²) in [5.74, 6) is -3.73. The van der Waals surface area contributed by atoms with Crippen LogP contribution in [-0.4, -0.2) is 124 Å². The molecule has 0 aromatic heterocycles. The van der Waals surface area contributed by atoms with Gasteiger partial charge in [0.15, 0.2) is 24.2 Å². The third kappa shape index (κ3) is 23.7. The van der Waals surface area contributed by atoms with Gasteiger partial charge in [0.25, 0.3) is 0 Å². The molecule has 20 heteroatoms. The van der Waals surface area contributed by atoms with Crippen LogP contribution in [-0.2, 0) is 71.3 Å². The summed E-state index contributed by atoms with van der Waals surface area (Å²) in [6.07, 6.45) is 2.64. The summed E-state index contributed by atoms with van der Waals surface area (Å²) in [6, 6.07) is 19.1. The van der Waals surface area contributed by atoms with Crippen molar-refractivity contribution in [2.75, 3.05) is 66.0 Å². The average Bonchev–Trinajstić information content (AvgIpc) is 3.33. The van der Waals surface area contributed by atoms with Crippen molar-refractivity contribution in [3.05, 3.63) is 82.2 Å². The second-order valence-electron chi connectivity index (χ2n) is 18.8. The first-order valence-corrected chi connectivity index (χ1v) is 23.0. The number of unbranched alkanes of at least 4 members (excludes halogenated alkanes) is 3. The smallest absolute Gasteiger partial charge is 0.316 e. The molecule has 4 aliphatic rings. The van der Waals surface area contributed by atoms with Gasteiger partial charge in [0.05, 0.1) is 65.9 Å². The summed E-state index contributed by atoms with van der Waals surface area (Å²) in [5, 5.41) is 21.3. The van der Waals surface area contributed by atoms with Gasteiger partial charge >= 0.3 is 23.9 Å². The fourth-order valence-corrected chi connectivity index (χ4v) is 6.18. The van der Waals surface area contributed by atoms with E-state index in [1.54, 1.807) is 34.6 Å². The lowest BCUT2D eigenvalue weighted by atomic mass is 9.92. The van der Waals surface area contributed by atoms with Gasteiger partial charge in [-0.05, 0) is 73.8 Å². The van der Waals surface area contributed by atoms with Crippen LogP contribution in [0, 0.1) is 16.2 Å². The number of azide groups is 1. The van der Waals surface area contributed by atoms with E-state index in [1.807, 2.05) is 74.5 Å². The minimum Gasteiger partial charge on any atom is -0.481 e. The molecule has 0 atom stereocenters. The fraction of sp³-hybridized carbons (Fsp3) is 0.673. The predicted molar refractivity (Wildman–Crippen MR) is 267 cm³/mol. The number of carbonyl (C=O) groups excluding carboxylic acids is 3. The molecule has 4 aliphatic heterocycles. The molecule has 4 heterocycles. The maximum atomic E-state index is 12.1.